The second-order valence-corrected chi connectivity index (χ2v) is 5.26. The maximum absolute atomic E-state index is 13.5. The Balaban J connectivity index is 2.52. The van der Waals surface area contributed by atoms with Crippen molar-refractivity contribution in [1.82, 2.24) is 0 Å². The fourth-order valence-corrected chi connectivity index (χ4v) is 2.21. The van der Waals surface area contributed by atoms with Crippen LogP contribution in [0.4, 0.5) is 4.39 Å². The summed E-state index contributed by atoms with van der Waals surface area (Å²) < 4.78 is 13.5. The van der Waals surface area contributed by atoms with Gasteiger partial charge >= 0.3 is 0 Å². The molecule has 0 nitrogen and oxygen atoms in total. The van der Waals surface area contributed by atoms with Crippen molar-refractivity contribution in [3.63, 3.8) is 0 Å². The number of allylic oxidation sites excluding steroid dienone is 8. The average Bonchev–Trinajstić information content (AvgIpc) is 2.15. The van der Waals surface area contributed by atoms with Crippen molar-refractivity contribution in [2.24, 2.45) is 11.3 Å². The van der Waals surface area contributed by atoms with Crippen LogP contribution in [0.3, 0.4) is 0 Å². The van der Waals surface area contributed by atoms with E-state index in [2.05, 4.69) is 32.9 Å². The highest BCUT2D eigenvalue weighted by molar-refractivity contribution is 5.47. The monoisotopic (exact) mass is 204 g/mol. The molecule has 0 heterocycles. The summed E-state index contributed by atoms with van der Waals surface area (Å²) in [6, 6.07) is 0. The summed E-state index contributed by atoms with van der Waals surface area (Å²) >= 11 is 0. The molecule has 0 bridgehead atoms. The molecule has 0 fully saturated rings. The van der Waals surface area contributed by atoms with Gasteiger partial charge in [-0.1, -0.05) is 45.1 Å². The van der Waals surface area contributed by atoms with Gasteiger partial charge in [0.2, 0.25) is 0 Å². The van der Waals surface area contributed by atoms with E-state index in [0.717, 1.165) is 5.57 Å². The first-order valence-corrected chi connectivity index (χ1v) is 5.44. The molecule has 80 valence electrons. The van der Waals surface area contributed by atoms with Crippen LogP contribution in [0.1, 0.15) is 27.2 Å². The van der Waals surface area contributed by atoms with Crippen molar-refractivity contribution in [3.8, 4) is 0 Å². The highest BCUT2D eigenvalue weighted by Gasteiger charge is 2.27. The Labute approximate surface area is 90.9 Å². The Morgan fingerprint density at radius 1 is 1.27 bits per heavy atom. The molecule has 15 heavy (non-hydrogen) atoms. The highest BCUT2D eigenvalue weighted by Crippen LogP contribution is 2.41. The van der Waals surface area contributed by atoms with E-state index in [1.165, 1.54) is 5.57 Å². The first-order valence-electron chi connectivity index (χ1n) is 5.44. The Hall–Kier alpha value is -1.11. The third-order valence-electron chi connectivity index (χ3n) is 2.96. The predicted molar refractivity (Wildman–Crippen MR) is 62.1 cm³/mol. The van der Waals surface area contributed by atoms with Gasteiger partial charge in [0, 0.05) is 12.3 Å². The van der Waals surface area contributed by atoms with E-state index in [9.17, 15) is 4.39 Å². The summed E-state index contributed by atoms with van der Waals surface area (Å²) in [5.41, 5.74) is 2.43. The minimum Gasteiger partial charge on any atom is -0.212 e. The zero-order valence-electron chi connectivity index (χ0n) is 9.55. The minimum atomic E-state index is 0.00799. The lowest BCUT2D eigenvalue weighted by Crippen LogP contribution is -2.18. The fraction of sp³-hybridized carbons (Fsp3) is 0.429. The van der Waals surface area contributed by atoms with Crippen LogP contribution in [0.25, 0.3) is 0 Å². The lowest BCUT2D eigenvalue weighted by molar-refractivity contribution is 0.475. The van der Waals surface area contributed by atoms with Gasteiger partial charge in [-0.25, -0.2) is 4.39 Å². The maximum Gasteiger partial charge on any atom is 0.101 e. The van der Waals surface area contributed by atoms with Crippen LogP contribution in [0.15, 0.2) is 47.4 Å². The van der Waals surface area contributed by atoms with E-state index in [4.69, 9.17) is 0 Å². The van der Waals surface area contributed by atoms with Crippen molar-refractivity contribution in [2.45, 2.75) is 27.2 Å². The van der Waals surface area contributed by atoms with E-state index in [1.54, 1.807) is 6.08 Å². The first kappa shape index (κ1) is 10.4. The summed E-state index contributed by atoms with van der Waals surface area (Å²) in [6.45, 7) is 6.40. The summed E-state index contributed by atoms with van der Waals surface area (Å²) in [5, 5.41) is 0. The quantitative estimate of drug-likeness (QED) is 0.551. The lowest BCUT2D eigenvalue weighted by Gasteiger charge is -2.31. The fourth-order valence-electron chi connectivity index (χ4n) is 2.21. The molecule has 0 spiro atoms. The summed E-state index contributed by atoms with van der Waals surface area (Å²) in [4.78, 5) is 0. The third-order valence-corrected chi connectivity index (χ3v) is 2.96. The van der Waals surface area contributed by atoms with Crippen molar-refractivity contribution >= 4 is 0 Å². The van der Waals surface area contributed by atoms with Gasteiger partial charge in [0.1, 0.15) is 5.83 Å². The number of fused-ring (bicyclic) bond motifs is 1. The zero-order chi connectivity index (χ0) is 11.1. The van der Waals surface area contributed by atoms with Gasteiger partial charge in [0.25, 0.3) is 0 Å². The van der Waals surface area contributed by atoms with E-state index < -0.39 is 0 Å². The molecule has 0 aliphatic heterocycles. The summed E-state index contributed by atoms with van der Waals surface area (Å²) in [6.07, 6.45) is 10.5. The second-order valence-electron chi connectivity index (χ2n) is 5.26. The van der Waals surface area contributed by atoms with Gasteiger partial charge in [-0.15, -0.1) is 0 Å². The predicted octanol–water partition coefficient (Wildman–Crippen LogP) is 4.33. The van der Waals surface area contributed by atoms with Crippen LogP contribution in [0.2, 0.25) is 0 Å². The molecule has 0 amide bonds. The highest BCUT2D eigenvalue weighted by atomic mass is 19.1. The van der Waals surface area contributed by atoms with Crippen LogP contribution in [-0.4, -0.2) is 0 Å². The molecule has 0 aromatic carbocycles. The molecule has 1 atom stereocenters. The van der Waals surface area contributed by atoms with Crippen LogP contribution >= 0.6 is 0 Å². The molecule has 2 rings (SSSR count). The topological polar surface area (TPSA) is 0 Å². The first-order chi connectivity index (χ1) is 6.98. The standard InChI is InChI=1S/C14H17F/c1-14(2,3)13-9-11(15)8-10-6-4-5-7-12(10)13/h4-7,9-10H,8H2,1-3H3. The average molecular weight is 204 g/mol. The van der Waals surface area contributed by atoms with Crippen LogP contribution in [0, 0.1) is 11.3 Å². The molecule has 1 heteroatoms. The van der Waals surface area contributed by atoms with E-state index in [1.807, 2.05) is 12.2 Å². The Bertz CT molecular complexity index is 386. The molecule has 0 aromatic heterocycles. The van der Waals surface area contributed by atoms with Crippen LogP contribution < -0.4 is 0 Å². The molecular formula is C14H17F. The Morgan fingerprint density at radius 2 is 2.00 bits per heavy atom. The summed E-state index contributed by atoms with van der Waals surface area (Å²) in [5.74, 6) is 0.253. The molecule has 1 unspecified atom stereocenters. The van der Waals surface area contributed by atoms with Gasteiger partial charge in [-0.2, -0.15) is 0 Å². The van der Waals surface area contributed by atoms with Crippen LogP contribution in [-0.2, 0) is 0 Å². The van der Waals surface area contributed by atoms with Crippen LogP contribution in [0.5, 0.6) is 0 Å². The molecule has 0 N–H and O–H groups in total. The summed E-state index contributed by atoms with van der Waals surface area (Å²) in [7, 11) is 0. The van der Waals surface area contributed by atoms with Crippen molar-refractivity contribution in [3.05, 3.63) is 47.4 Å². The normalized spacial score (nSPS) is 25.3. The number of rotatable bonds is 0. The molecule has 2 aliphatic rings. The number of hydrogen-bond acceptors (Lipinski definition) is 0. The van der Waals surface area contributed by atoms with Gasteiger partial charge < -0.3 is 0 Å². The Morgan fingerprint density at radius 3 is 2.67 bits per heavy atom. The maximum atomic E-state index is 13.5. The van der Waals surface area contributed by atoms with E-state index >= 15 is 0 Å². The van der Waals surface area contributed by atoms with E-state index in [0.29, 0.717) is 6.42 Å². The number of hydrogen-bond donors (Lipinski definition) is 0. The molecule has 0 aromatic rings. The van der Waals surface area contributed by atoms with Crippen molar-refractivity contribution in [1.29, 1.82) is 0 Å². The number of halogens is 1. The largest absolute Gasteiger partial charge is 0.212 e. The third kappa shape index (κ3) is 1.97. The molecular weight excluding hydrogens is 187 g/mol. The van der Waals surface area contributed by atoms with Crippen molar-refractivity contribution in [2.75, 3.05) is 0 Å². The Kier molecular flexibility index (Phi) is 2.41. The van der Waals surface area contributed by atoms with Gasteiger partial charge in [0.05, 0.1) is 0 Å². The molecule has 0 saturated heterocycles. The minimum absolute atomic E-state index is 0.00799. The smallest absolute Gasteiger partial charge is 0.101 e. The molecule has 2 aliphatic carbocycles. The van der Waals surface area contributed by atoms with Gasteiger partial charge in [-0.05, 0) is 22.6 Å². The zero-order valence-corrected chi connectivity index (χ0v) is 9.55. The van der Waals surface area contributed by atoms with E-state index in [-0.39, 0.29) is 17.2 Å². The molecule has 0 saturated carbocycles. The van der Waals surface area contributed by atoms with Crippen molar-refractivity contribution < 1.29 is 4.39 Å². The van der Waals surface area contributed by atoms with Gasteiger partial charge in [0.15, 0.2) is 0 Å². The second kappa shape index (κ2) is 3.48. The SMILES string of the molecule is CC(C)(C)C1=C2C=CC=CC2CC(F)=C1. The van der Waals surface area contributed by atoms with Gasteiger partial charge in [-0.3, -0.25) is 0 Å². The lowest BCUT2D eigenvalue weighted by atomic mass is 9.74. The molecule has 0 radical (unpaired) electrons.